The largest absolute Gasteiger partial charge is 0.483 e. The van der Waals surface area contributed by atoms with E-state index in [2.05, 4.69) is 33.4 Å². The van der Waals surface area contributed by atoms with Crippen molar-refractivity contribution >= 4 is 33.6 Å². The van der Waals surface area contributed by atoms with Crippen LogP contribution in [0.2, 0.25) is 0 Å². The van der Waals surface area contributed by atoms with Crippen molar-refractivity contribution in [1.82, 2.24) is 5.32 Å². The van der Waals surface area contributed by atoms with Crippen LogP contribution in [0.1, 0.15) is 5.56 Å². The maximum atomic E-state index is 11.7. The highest BCUT2D eigenvalue weighted by atomic mass is 79.9. The van der Waals surface area contributed by atoms with Crippen LogP contribution < -0.4 is 10.1 Å². The number of hydrogen-bond donors (Lipinski definition) is 1. The van der Waals surface area contributed by atoms with Gasteiger partial charge in [-0.2, -0.15) is 11.8 Å². The van der Waals surface area contributed by atoms with Crippen LogP contribution in [0, 0.1) is 0 Å². The van der Waals surface area contributed by atoms with E-state index < -0.39 is 0 Å². The van der Waals surface area contributed by atoms with Crippen molar-refractivity contribution in [2.75, 3.05) is 18.9 Å². The van der Waals surface area contributed by atoms with Gasteiger partial charge >= 0.3 is 0 Å². The van der Waals surface area contributed by atoms with Crippen molar-refractivity contribution in [2.24, 2.45) is 0 Å². The van der Waals surface area contributed by atoms with Crippen molar-refractivity contribution in [3.8, 4) is 5.75 Å². The Kier molecular flexibility index (Phi) is 7.33. The molecular weight excluding hydrogens is 362 g/mol. The van der Waals surface area contributed by atoms with Gasteiger partial charge in [-0.05, 0) is 33.6 Å². The molecule has 0 unspecified atom stereocenters. The van der Waals surface area contributed by atoms with Crippen molar-refractivity contribution < 1.29 is 9.53 Å². The van der Waals surface area contributed by atoms with Gasteiger partial charge in [-0.25, -0.2) is 0 Å². The Labute approximate surface area is 143 Å². The molecule has 3 nitrogen and oxygen atoms in total. The summed E-state index contributed by atoms with van der Waals surface area (Å²) in [4.78, 5) is 11.7. The van der Waals surface area contributed by atoms with Gasteiger partial charge in [0.2, 0.25) is 0 Å². The van der Waals surface area contributed by atoms with Crippen LogP contribution >= 0.6 is 27.7 Å². The van der Waals surface area contributed by atoms with Crippen LogP contribution in [0.4, 0.5) is 0 Å². The number of thioether (sulfide) groups is 1. The number of benzene rings is 2. The van der Waals surface area contributed by atoms with Gasteiger partial charge in [-0.3, -0.25) is 4.79 Å². The smallest absolute Gasteiger partial charge is 0.257 e. The zero-order chi connectivity index (χ0) is 15.6. The number of hydrogen-bond acceptors (Lipinski definition) is 3. The third-order valence-corrected chi connectivity index (χ3v) is 4.56. The Bertz CT molecular complexity index is 592. The fourth-order valence-corrected chi connectivity index (χ4v) is 3.00. The van der Waals surface area contributed by atoms with E-state index in [1.807, 2.05) is 42.5 Å². The van der Waals surface area contributed by atoms with Crippen molar-refractivity contribution in [3.63, 3.8) is 0 Å². The third kappa shape index (κ3) is 6.12. The van der Waals surface area contributed by atoms with Gasteiger partial charge in [-0.1, -0.05) is 42.5 Å². The monoisotopic (exact) mass is 379 g/mol. The Hall–Kier alpha value is -1.46. The van der Waals surface area contributed by atoms with E-state index >= 15 is 0 Å². The summed E-state index contributed by atoms with van der Waals surface area (Å²) < 4.78 is 6.31. The molecule has 0 bridgehead atoms. The number of carbonyl (C=O) groups excluding carboxylic acids is 1. The summed E-state index contributed by atoms with van der Waals surface area (Å²) in [6.07, 6.45) is 0. The number of ether oxygens (including phenoxy) is 1. The van der Waals surface area contributed by atoms with Gasteiger partial charge in [0, 0.05) is 18.1 Å². The summed E-state index contributed by atoms with van der Waals surface area (Å²) in [6.45, 7) is 0.682. The lowest BCUT2D eigenvalue weighted by Crippen LogP contribution is -2.30. The lowest BCUT2D eigenvalue weighted by Gasteiger charge is -2.08. The second kappa shape index (κ2) is 9.54. The van der Waals surface area contributed by atoms with Crippen LogP contribution in [-0.2, 0) is 10.5 Å². The highest BCUT2D eigenvalue weighted by Crippen LogP contribution is 2.23. The Morgan fingerprint density at radius 3 is 2.59 bits per heavy atom. The molecule has 2 rings (SSSR count). The molecule has 5 heteroatoms. The minimum atomic E-state index is -0.101. The molecule has 0 heterocycles. The molecule has 0 aliphatic carbocycles. The number of carbonyl (C=O) groups is 1. The first-order valence-electron chi connectivity index (χ1n) is 7.01. The first kappa shape index (κ1) is 16.9. The summed E-state index contributed by atoms with van der Waals surface area (Å²) in [7, 11) is 0. The molecule has 0 atom stereocenters. The highest BCUT2D eigenvalue weighted by molar-refractivity contribution is 9.10. The molecule has 0 aliphatic heterocycles. The van der Waals surface area contributed by atoms with Gasteiger partial charge < -0.3 is 10.1 Å². The number of amides is 1. The molecule has 2 aromatic rings. The van der Waals surface area contributed by atoms with E-state index in [0.717, 1.165) is 16.0 Å². The van der Waals surface area contributed by atoms with Crippen LogP contribution in [-0.4, -0.2) is 24.8 Å². The summed E-state index contributed by atoms with van der Waals surface area (Å²) in [5.41, 5.74) is 1.30. The van der Waals surface area contributed by atoms with E-state index in [1.54, 1.807) is 11.8 Å². The second-order valence-corrected chi connectivity index (χ2v) is 6.57. The number of nitrogens with one attached hydrogen (secondary N) is 1. The molecule has 0 aliphatic rings. The third-order valence-electron chi connectivity index (χ3n) is 2.88. The van der Waals surface area contributed by atoms with Crippen molar-refractivity contribution in [1.29, 1.82) is 0 Å². The average Bonchev–Trinajstić information content (AvgIpc) is 2.55. The molecule has 22 heavy (non-hydrogen) atoms. The molecule has 1 N–H and O–H groups in total. The van der Waals surface area contributed by atoms with E-state index in [4.69, 9.17) is 4.74 Å². The Balaban J connectivity index is 1.57. The molecule has 0 saturated carbocycles. The van der Waals surface area contributed by atoms with Gasteiger partial charge in [0.25, 0.3) is 5.91 Å². The fourth-order valence-electron chi connectivity index (χ4n) is 1.78. The fraction of sp³-hybridized carbons (Fsp3) is 0.235. The van der Waals surface area contributed by atoms with Crippen LogP contribution in [0.25, 0.3) is 0 Å². The topological polar surface area (TPSA) is 38.3 Å². The normalized spacial score (nSPS) is 10.2. The van der Waals surface area contributed by atoms with E-state index in [-0.39, 0.29) is 12.5 Å². The second-order valence-electron chi connectivity index (χ2n) is 4.61. The molecule has 0 fully saturated rings. The van der Waals surface area contributed by atoms with Crippen LogP contribution in [0.15, 0.2) is 59.1 Å². The van der Waals surface area contributed by atoms with E-state index in [1.165, 1.54) is 5.56 Å². The predicted octanol–water partition coefficient (Wildman–Crippen LogP) is 3.88. The van der Waals surface area contributed by atoms with Crippen LogP contribution in [0.5, 0.6) is 5.75 Å². The number of halogens is 1. The highest BCUT2D eigenvalue weighted by Gasteiger charge is 2.04. The zero-order valence-electron chi connectivity index (χ0n) is 12.1. The first-order chi connectivity index (χ1) is 10.8. The molecule has 0 radical (unpaired) electrons. The number of rotatable bonds is 8. The molecule has 0 aromatic heterocycles. The standard InChI is InChI=1S/C17H18BrNO2S/c18-15-8-4-5-9-16(15)21-12-17(20)19-10-11-22-13-14-6-2-1-3-7-14/h1-9H,10-13H2,(H,19,20). The SMILES string of the molecule is O=C(COc1ccccc1Br)NCCSCc1ccccc1. The van der Waals surface area contributed by atoms with Gasteiger partial charge in [-0.15, -0.1) is 0 Å². The molecule has 2 aromatic carbocycles. The number of para-hydroxylation sites is 1. The maximum absolute atomic E-state index is 11.7. The van der Waals surface area contributed by atoms with E-state index in [0.29, 0.717) is 12.3 Å². The lowest BCUT2D eigenvalue weighted by molar-refractivity contribution is -0.122. The van der Waals surface area contributed by atoms with Gasteiger partial charge in [0.15, 0.2) is 6.61 Å². The van der Waals surface area contributed by atoms with Gasteiger partial charge in [0.05, 0.1) is 4.47 Å². The van der Waals surface area contributed by atoms with Crippen LogP contribution in [0.3, 0.4) is 0 Å². The summed E-state index contributed by atoms with van der Waals surface area (Å²) in [5.74, 6) is 2.42. The average molecular weight is 380 g/mol. The summed E-state index contributed by atoms with van der Waals surface area (Å²) >= 11 is 5.18. The maximum Gasteiger partial charge on any atom is 0.257 e. The Morgan fingerprint density at radius 1 is 1.09 bits per heavy atom. The first-order valence-corrected chi connectivity index (χ1v) is 8.96. The van der Waals surface area contributed by atoms with Crippen molar-refractivity contribution in [2.45, 2.75) is 5.75 Å². The molecule has 0 saturated heterocycles. The lowest BCUT2D eigenvalue weighted by atomic mass is 10.2. The van der Waals surface area contributed by atoms with E-state index in [9.17, 15) is 4.79 Å². The molecule has 0 spiro atoms. The Morgan fingerprint density at radius 2 is 1.82 bits per heavy atom. The summed E-state index contributed by atoms with van der Waals surface area (Å²) in [5, 5.41) is 2.86. The quantitative estimate of drug-likeness (QED) is 0.707. The van der Waals surface area contributed by atoms with Crippen molar-refractivity contribution in [3.05, 3.63) is 64.6 Å². The zero-order valence-corrected chi connectivity index (χ0v) is 14.5. The minimum absolute atomic E-state index is 0.0337. The van der Waals surface area contributed by atoms with Gasteiger partial charge in [0.1, 0.15) is 5.75 Å². The predicted molar refractivity (Wildman–Crippen MR) is 95.3 cm³/mol. The molecular formula is C17H18BrNO2S. The molecule has 1 amide bonds. The summed E-state index contributed by atoms with van der Waals surface area (Å²) in [6, 6.07) is 17.8. The molecule has 116 valence electrons. The minimum Gasteiger partial charge on any atom is -0.483 e.